The van der Waals surface area contributed by atoms with E-state index in [1.54, 1.807) is 18.2 Å². The van der Waals surface area contributed by atoms with Gasteiger partial charge in [-0.05, 0) is 5.56 Å². The molecule has 0 saturated carbocycles. The molecule has 0 aliphatic carbocycles. The summed E-state index contributed by atoms with van der Waals surface area (Å²) in [6, 6.07) is 15.7. The third-order valence-corrected chi connectivity index (χ3v) is 3.08. The zero-order valence-corrected chi connectivity index (χ0v) is 10.7. The Hall–Kier alpha value is -2.69. The van der Waals surface area contributed by atoms with E-state index in [2.05, 4.69) is 5.32 Å². The summed E-state index contributed by atoms with van der Waals surface area (Å²) in [5.41, 5.74) is 1.58. The van der Waals surface area contributed by atoms with Gasteiger partial charge in [0.25, 0.3) is 5.69 Å². The van der Waals surface area contributed by atoms with Gasteiger partial charge in [-0.1, -0.05) is 48.5 Å². The number of hydrogen-bond donors (Lipinski definition) is 1. The lowest BCUT2D eigenvalue weighted by Crippen LogP contribution is -2.22. The molecular weight excluding hydrogens is 256 g/mol. The fourth-order valence-electron chi connectivity index (χ4n) is 2.12. The molecule has 20 heavy (non-hydrogen) atoms. The fraction of sp³-hybridized carbons (Fsp3) is 0.133. The summed E-state index contributed by atoms with van der Waals surface area (Å²) in [6.45, 7) is 0. The van der Waals surface area contributed by atoms with Gasteiger partial charge in [0, 0.05) is 18.1 Å². The second kappa shape index (κ2) is 6.47. The highest BCUT2D eigenvalue weighted by atomic mass is 16.6. The standard InChI is InChI=1S/C15H14N2O3/c18-11-16-14(12-6-2-1-3-7-12)10-13-8-4-5-9-15(13)17(19)20/h1-9,11,14H,10H2,(H,16,18)/t14-/m1/s1. The van der Waals surface area contributed by atoms with E-state index in [-0.39, 0.29) is 11.7 Å². The highest BCUT2D eigenvalue weighted by Crippen LogP contribution is 2.24. The molecule has 0 aliphatic heterocycles. The number of hydrogen-bond acceptors (Lipinski definition) is 3. The molecule has 0 spiro atoms. The number of nitrogens with one attached hydrogen (secondary N) is 1. The number of amides is 1. The summed E-state index contributed by atoms with van der Waals surface area (Å²) in [5, 5.41) is 13.7. The molecule has 0 saturated heterocycles. The van der Waals surface area contributed by atoms with Crippen molar-refractivity contribution in [1.82, 2.24) is 5.32 Å². The monoisotopic (exact) mass is 270 g/mol. The SMILES string of the molecule is O=CN[C@H](Cc1ccccc1[N+](=O)[O-])c1ccccc1. The van der Waals surface area contributed by atoms with E-state index in [1.807, 2.05) is 30.3 Å². The topological polar surface area (TPSA) is 72.2 Å². The van der Waals surface area contributed by atoms with Crippen LogP contribution in [0.5, 0.6) is 0 Å². The molecule has 5 heteroatoms. The maximum absolute atomic E-state index is 11.0. The maximum atomic E-state index is 11.0. The molecule has 0 radical (unpaired) electrons. The zero-order chi connectivity index (χ0) is 14.4. The molecule has 0 unspecified atom stereocenters. The molecule has 1 atom stereocenters. The molecule has 2 rings (SSSR count). The third-order valence-electron chi connectivity index (χ3n) is 3.08. The second-order valence-electron chi connectivity index (χ2n) is 4.34. The molecule has 0 aromatic heterocycles. The average molecular weight is 270 g/mol. The summed E-state index contributed by atoms with van der Waals surface area (Å²) in [4.78, 5) is 21.4. The number of nitro benzene ring substituents is 1. The predicted octanol–water partition coefficient (Wildman–Crippen LogP) is 2.62. The number of para-hydroxylation sites is 1. The first kappa shape index (κ1) is 13.7. The molecule has 0 aliphatic rings. The van der Waals surface area contributed by atoms with Crippen LogP contribution in [0.15, 0.2) is 54.6 Å². The van der Waals surface area contributed by atoms with Gasteiger partial charge in [-0.3, -0.25) is 14.9 Å². The van der Waals surface area contributed by atoms with Crippen molar-refractivity contribution in [2.75, 3.05) is 0 Å². The van der Waals surface area contributed by atoms with E-state index in [0.717, 1.165) is 5.56 Å². The van der Waals surface area contributed by atoms with Crippen molar-refractivity contribution in [2.24, 2.45) is 0 Å². The number of nitrogens with zero attached hydrogens (tertiary/aromatic N) is 1. The number of rotatable bonds is 6. The molecule has 1 amide bonds. The third kappa shape index (κ3) is 3.20. The summed E-state index contributed by atoms with van der Waals surface area (Å²) in [7, 11) is 0. The Kier molecular flexibility index (Phi) is 4.44. The van der Waals surface area contributed by atoms with E-state index in [1.165, 1.54) is 6.07 Å². The molecule has 0 fully saturated rings. The van der Waals surface area contributed by atoms with Crippen LogP contribution in [0.1, 0.15) is 17.2 Å². The van der Waals surface area contributed by atoms with Gasteiger partial charge in [-0.2, -0.15) is 0 Å². The number of carbonyl (C=O) groups is 1. The Bertz CT molecular complexity index is 599. The van der Waals surface area contributed by atoms with E-state index >= 15 is 0 Å². The first-order chi connectivity index (χ1) is 9.72. The van der Waals surface area contributed by atoms with Gasteiger partial charge in [-0.25, -0.2) is 0 Å². The molecule has 2 aromatic carbocycles. The largest absolute Gasteiger partial charge is 0.352 e. The average Bonchev–Trinajstić information content (AvgIpc) is 2.48. The Labute approximate surface area is 116 Å². The number of carbonyl (C=O) groups excluding carboxylic acids is 1. The van der Waals surface area contributed by atoms with Gasteiger partial charge in [-0.15, -0.1) is 0 Å². The van der Waals surface area contributed by atoms with Crippen molar-refractivity contribution < 1.29 is 9.72 Å². The van der Waals surface area contributed by atoms with Crippen LogP contribution < -0.4 is 5.32 Å². The summed E-state index contributed by atoms with van der Waals surface area (Å²) in [5.74, 6) is 0. The van der Waals surface area contributed by atoms with Gasteiger partial charge in [0.2, 0.25) is 6.41 Å². The quantitative estimate of drug-likeness (QED) is 0.498. The predicted molar refractivity (Wildman–Crippen MR) is 75.2 cm³/mol. The minimum Gasteiger partial charge on any atom is -0.352 e. The minimum atomic E-state index is -0.404. The molecule has 2 aromatic rings. The van der Waals surface area contributed by atoms with Crippen LogP contribution in [0.4, 0.5) is 5.69 Å². The number of nitro groups is 1. The highest BCUT2D eigenvalue weighted by Gasteiger charge is 2.18. The van der Waals surface area contributed by atoms with Crippen LogP contribution in [0.2, 0.25) is 0 Å². The maximum Gasteiger partial charge on any atom is 0.272 e. The molecule has 102 valence electrons. The second-order valence-corrected chi connectivity index (χ2v) is 4.34. The lowest BCUT2D eigenvalue weighted by Gasteiger charge is -2.16. The summed E-state index contributed by atoms with van der Waals surface area (Å²) < 4.78 is 0. The highest BCUT2D eigenvalue weighted by molar-refractivity contribution is 5.49. The van der Waals surface area contributed by atoms with Gasteiger partial charge in [0.05, 0.1) is 11.0 Å². The van der Waals surface area contributed by atoms with Crippen molar-refractivity contribution >= 4 is 12.1 Å². The fourth-order valence-corrected chi connectivity index (χ4v) is 2.12. The smallest absolute Gasteiger partial charge is 0.272 e. The van der Waals surface area contributed by atoms with Crippen LogP contribution in [-0.2, 0) is 11.2 Å². The van der Waals surface area contributed by atoms with E-state index in [9.17, 15) is 14.9 Å². The van der Waals surface area contributed by atoms with Crippen LogP contribution in [0.25, 0.3) is 0 Å². The molecule has 0 bridgehead atoms. The molecule has 0 heterocycles. The molecule has 5 nitrogen and oxygen atoms in total. The molecular formula is C15H14N2O3. The van der Waals surface area contributed by atoms with Gasteiger partial charge in [0.15, 0.2) is 0 Å². The first-order valence-corrected chi connectivity index (χ1v) is 6.19. The van der Waals surface area contributed by atoms with Crippen LogP contribution in [0.3, 0.4) is 0 Å². The van der Waals surface area contributed by atoms with Gasteiger partial charge >= 0.3 is 0 Å². The van der Waals surface area contributed by atoms with Crippen LogP contribution >= 0.6 is 0 Å². The van der Waals surface area contributed by atoms with Crippen molar-refractivity contribution in [3.63, 3.8) is 0 Å². The Morgan fingerprint density at radius 3 is 2.40 bits per heavy atom. The normalized spacial score (nSPS) is 11.6. The summed E-state index contributed by atoms with van der Waals surface area (Å²) >= 11 is 0. The Morgan fingerprint density at radius 2 is 1.75 bits per heavy atom. The first-order valence-electron chi connectivity index (χ1n) is 6.19. The van der Waals surface area contributed by atoms with Crippen molar-refractivity contribution in [1.29, 1.82) is 0 Å². The van der Waals surface area contributed by atoms with E-state index in [4.69, 9.17) is 0 Å². The van der Waals surface area contributed by atoms with Gasteiger partial charge < -0.3 is 5.32 Å². The number of benzene rings is 2. The van der Waals surface area contributed by atoms with Crippen molar-refractivity contribution in [3.05, 3.63) is 75.8 Å². The summed E-state index contributed by atoms with van der Waals surface area (Å²) in [6.07, 6.45) is 0.992. The lowest BCUT2D eigenvalue weighted by atomic mass is 9.98. The molecule has 1 N–H and O–H groups in total. The van der Waals surface area contributed by atoms with E-state index < -0.39 is 4.92 Å². The van der Waals surface area contributed by atoms with Gasteiger partial charge in [0.1, 0.15) is 0 Å². The lowest BCUT2D eigenvalue weighted by molar-refractivity contribution is -0.385. The minimum absolute atomic E-state index is 0.0705. The van der Waals surface area contributed by atoms with Crippen LogP contribution in [-0.4, -0.2) is 11.3 Å². The van der Waals surface area contributed by atoms with Crippen molar-refractivity contribution in [3.8, 4) is 0 Å². The van der Waals surface area contributed by atoms with Crippen LogP contribution in [0, 0.1) is 10.1 Å². The Morgan fingerprint density at radius 1 is 1.10 bits per heavy atom. The van der Waals surface area contributed by atoms with E-state index in [0.29, 0.717) is 18.4 Å². The van der Waals surface area contributed by atoms with Crippen molar-refractivity contribution in [2.45, 2.75) is 12.5 Å². The Balaban J connectivity index is 2.29. The zero-order valence-electron chi connectivity index (χ0n) is 10.7.